The standard InChI is InChI=1S/C14H23NO3S/c1-10(2)8-19(16,17)9-13-7-12(11(3)15)5-6-14(13)18-4/h5-7,10-11H,8-9,15H2,1-4H3. The first-order valence-electron chi connectivity index (χ1n) is 6.38. The van der Waals surface area contributed by atoms with Crippen LogP contribution in [0.5, 0.6) is 5.75 Å². The number of hydrogen-bond acceptors (Lipinski definition) is 4. The minimum absolute atomic E-state index is 0.00505. The van der Waals surface area contributed by atoms with Gasteiger partial charge in [0, 0.05) is 11.6 Å². The van der Waals surface area contributed by atoms with Crippen molar-refractivity contribution in [2.45, 2.75) is 32.6 Å². The molecule has 0 heterocycles. The van der Waals surface area contributed by atoms with Crippen molar-refractivity contribution in [2.24, 2.45) is 11.7 Å². The van der Waals surface area contributed by atoms with E-state index in [0.717, 1.165) is 5.56 Å². The summed E-state index contributed by atoms with van der Waals surface area (Å²) in [7, 11) is -1.59. The highest BCUT2D eigenvalue weighted by atomic mass is 32.2. The number of ether oxygens (including phenoxy) is 1. The lowest BCUT2D eigenvalue weighted by Gasteiger charge is -2.14. The Balaban J connectivity index is 3.07. The molecule has 108 valence electrons. The van der Waals surface area contributed by atoms with Crippen LogP contribution < -0.4 is 10.5 Å². The minimum Gasteiger partial charge on any atom is -0.496 e. The van der Waals surface area contributed by atoms with Gasteiger partial charge in [0.2, 0.25) is 0 Å². The van der Waals surface area contributed by atoms with Crippen LogP contribution in [0.25, 0.3) is 0 Å². The summed E-state index contributed by atoms with van der Waals surface area (Å²) in [5.41, 5.74) is 7.42. The number of sulfone groups is 1. The fraction of sp³-hybridized carbons (Fsp3) is 0.571. The van der Waals surface area contributed by atoms with Gasteiger partial charge in [-0.05, 0) is 30.5 Å². The second-order valence-electron chi connectivity index (χ2n) is 5.31. The Morgan fingerprint density at radius 1 is 1.26 bits per heavy atom. The monoisotopic (exact) mass is 285 g/mol. The topological polar surface area (TPSA) is 69.4 Å². The van der Waals surface area contributed by atoms with E-state index in [1.54, 1.807) is 13.2 Å². The summed E-state index contributed by atoms with van der Waals surface area (Å²) in [4.78, 5) is 0. The maximum absolute atomic E-state index is 12.1. The smallest absolute Gasteiger partial charge is 0.154 e. The zero-order valence-corrected chi connectivity index (χ0v) is 12.8. The highest BCUT2D eigenvalue weighted by Gasteiger charge is 2.17. The Morgan fingerprint density at radius 3 is 2.37 bits per heavy atom. The maximum Gasteiger partial charge on any atom is 0.154 e. The Hall–Kier alpha value is -1.07. The molecule has 0 bridgehead atoms. The molecule has 0 amide bonds. The second kappa shape index (κ2) is 6.39. The van der Waals surface area contributed by atoms with Crippen LogP contribution in [0.1, 0.15) is 37.9 Å². The molecule has 1 unspecified atom stereocenters. The van der Waals surface area contributed by atoms with E-state index in [1.165, 1.54) is 0 Å². The third-order valence-electron chi connectivity index (χ3n) is 2.79. The van der Waals surface area contributed by atoms with Gasteiger partial charge in [0.05, 0.1) is 18.6 Å². The molecule has 0 spiro atoms. The third kappa shape index (κ3) is 4.84. The van der Waals surface area contributed by atoms with Crippen molar-refractivity contribution in [2.75, 3.05) is 12.9 Å². The molecule has 5 heteroatoms. The molecule has 0 saturated carbocycles. The molecule has 0 aliphatic heterocycles. The van der Waals surface area contributed by atoms with Crippen molar-refractivity contribution in [3.8, 4) is 5.75 Å². The Morgan fingerprint density at radius 2 is 1.89 bits per heavy atom. The summed E-state index contributed by atoms with van der Waals surface area (Å²) in [6.45, 7) is 5.66. The van der Waals surface area contributed by atoms with Crippen molar-refractivity contribution in [1.82, 2.24) is 0 Å². The highest BCUT2D eigenvalue weighted by molar-refractivity contribution is 7.90. The normalized spacial score (nSPS) is 13.6. The summed E-state index contributed by atoms with van der Waals surface area (Å²) in [6.07, 6.45) is 0. The number of hydrogen-bond donors (Lipinski definition) is 1. The van der Waals surface area contributed by atoms with Crippen molar-refractivity contribution in [3.63, 3.8) is 0 Å². The zero-order valence-electron chi connectivity index (χ0n) is 12.0. The van der Waals surface area contributed by atoms with E-state index < -0.39 is 9.84 Å². The van der Waals surface area contributed by atoms with Crippen LogP contribution in [0, 0.1) is 5.92 Å². The van der Waals surface area contributed by atoms with Gasteiger partial charge in [-0.1, -0.05) is 19.9 Å². The summed E-state index contributed by atoms with van der Waals surface area (Å²) >= 11 is 0. The molecule has 0 aliphatic rings. The zero-order chi connectivity index (χ0) is 14.6. The Labute approximate surface area is 115 Å². The van der Waals surface area contributed by atoms with Gasteiger partial charge < -0.3 is 10.5 Å². The van der Waals surface area contributed by atoms with Crippen LogP contribution in [0.3, 0.4) is 0 Å². The quantitative estimate of drug-likeness (QED) is 0.870. The van der Waals surface area contributed by atoms with Crippen LogP contribution in [-0.2, 0) is 15.6 Å². The largest absolute Gasteiger partial charge is 0.496 e. The highest BCUT2D eigenvalue weighted by Crippen LogP contribution is 2.25. The molecule has 0 radical (unpaired) electrons. The molecule has 0 aromatic heterocycles. The van der Waals surface area contributed by atoms with E-state index in [-0.39, 0.29) is 23.5 Å². The molecule has 0 saturated heterocycles. The van der Waals surface area contributed by atoms with Crippen LogP contribution in [-0.4, -0.2) is 21.3 Å². The lowest BCUT2D eigenvalue weighted by atomic mass is 10.1. The van der Waals surface area contributed by atoms with Gasteiger partial charge in [0.1, 0.15) is 5.75 Å². The lowest BCUT2D eigenvalue weighted by molar-refractivity contribution is 0.410. The lowest BCUT2D eigenvalue weighted by Crippen LogP contribution is -2.15. The van der Waals surface area contributed by atoms with Crippen molar-refractivity contribution in [3.05, 3.63) is 29.3 Å². The van der Waals surface area contributed by atoms with Gasteiger partial charge in [0.25, 0.3) is 0 Å². The summed E-state index contributed by atoms with van der Waals surface area (Å²) in [5.74, 6) is 0.886. The molecule has 0 aliphatic carbocycles. The van der Waals surface area contributed by atoms with Crippen LogP contribution >= 0.6 is 0 Å². The SMILES string of the molecule is COc1ccc(C(C)N)cc1CS(=O)(=O)CC(C)C. The molecular weight excluding hydrogens is 262 g/mol. The minimum atomic E-state index is -3.13. The molecule has 19 heavy (non-hydrogen) atoms. The van der Waals surface area contributed by atoms with Crippen molar-refractivity contribution < 1.29 is 13.2 Å². The molecule has 0 fully saturated rings. The molecule has 1 aromatic carbocycles. The average Bonchev–Trinajstić information content (AvgIpc) is 2.26. The van der Waals surface area contributed by atoms with E-state index in [4.69, 9.17) is 10.5 Å². The van der Waals surface area contributed by atoms with E-state index in [9.17, 15) is 8.42 Å². The molecule has 4 nitrogen and oxygen atoms in total. The summed E-state index contributed by atoms with van der Waals surface area (Å²) < 4.78 is 29.4. The number of rotatable bonds is 6. The predicted octanol–water partition coefficient (Wildman–Crippen LogP) is 2.29. The van der Waals surface area contributed by atoms with Gasteiger partial charge in [-0.15, -0.1) is 0 Å². The van der Waals surface area contributed by atoms with E-state index >= 15 is 0 Å². The third-order valence-corrected chi connectivity index (χ3v) is 4.72. The number of benzene rings is 1. The van der Waals surface area contributed by atoms with Gasteiger partial charge in [-0.3, -0.25) is 0 Å². The van der Waals surface area contributed by atoms with E-state index in [0.29, 0.717) is 11.3 Å². The Bertz CT molecular complexity index is 521. The van der Waals surface area contributed by atoms with Gasteiger partial charge in [0.15, 0.2) is 9.84 Å². The molecule has 2 N–H and O–H groups in total. The first-order chi connectivity index (χ1) is 8.75. The Kier molecular flexibility index (Phi) is 5.38. The fourth-order valence-electron chi connectivity index (χ4n) is 2.00. The molecular formula is C14H23NO3S. The number of nitrogens with two attached hydrogens (primary N) is 1. The summed E-state index contributed by atoms with van der Waals surface area (Å²) in [6, 6.07) is 5.33. The van der Waals surface area contributed by atoms with E-state index in [1.807, 2.05) is 32.9 Å². The maximum atomic E-state index is 12.1. The van der Waals surface area contributed by atoms with Crippen LogP contribution in [0.4, 0.5) is 0 Å². The second-order valence-corrected chi connectivity index (χ2v) is 7.42. The van der Waals surface area contributed by atoms with Crippen molar-refractivity contribution in [1.29, 1.82) is 0 Å². The first-order valence-corrected chi connectivity index (χ1v) is 8.20. The van der Waals surface area contributed by atoms with Crippen LogP contribution in [0.2, 0.25) is 0 Å². The number of methoxy groups -OCH3 is 1. The molecule has 1 atom stereocenters. The fourth-order valence-corrected chi connectivity index (χ4v) is 3.83. The first kappa shape index (κ1) is 16.0. The average molecular weight is 285 g/mol. The van der Waals surface area contributed by atoms with Crippen molar-refractivity contribution >= 4 is 9.84 Å². The summed E-state index contributed by atoms with van der Waals surface area (Å²) in [5, 5.41) is 0. The van der Waals surface area contributed by atoms with Gasteiger partial charge in [-0.25, -0.2) is 8.42 Å². The van der Waals surface area contributed by atoms with E-state index in [2.05, 4.69) is 0 Å². The van der Waals surface area contributed by atoms with Gasteiger partial charge >= 0.3 is 0 Å². The van der Waals surface area contributed by atoms with Gasteiger partial charge in [-0.2, -0.15) is 0 Å². The molecule has 1 rings (SSSR count). The predicted molar refractivity (Wildman–Crippen MR) is 77.9 cm³/mol. The van der Waals surface area contributed by atoms with Crippen LogP contribution in [0.15, 0.2) is 18.2 Å². The molecule has 1 aromatic rings.